The van der Waals surface area contributed by atoms with Crippen LogP contribution in [0.15, 0.2) is 6.20 Å². The van der Waals surface area contributed by atoms with E-state index in [0.717, 1.165) is 12.8 Å². The predicted molar refractivity (Wildman–Crippen MR) is 69.6 cm³/mol. The molecule has 1 fully saturated rings. The zero-order valence-electron chi connectivity index (χ0n) is 11.3. The number of nitrogens with zero attached hydrogens (tertiary/aromatic N) is 1. The number of aromatic amines is 1. The quantitative estimate of drug-likeness (QED) is 0.655. The normalized spacial score (nSPS) is 16.3. The van der Waals surface area contributed by atoms with E-state index < -0.39 is 0 Å². The lowest BCUT2D eigenvalue weighted by Crippen LogP contribution is -2.14. The molecule has 0 saturated heterocycles. The molecule has 5 heteroatoms. The molecular weight excluding hydrogens is 244 g/mol. The predicted octanol–water partition coefficient (Wildman–Crippen LogP) is 2.63. The lowest BCUT2D eigenvalue weighted by Gasteiger charge is -2.20. The molecule has 0 spiro atoms. The van der Waals surface area contributed by atoms with Crippen LogP contribution in [0.1, 0.15) is 61.8 Å². The van der Waals surface area contributed by atoms with Gasteiger partial charge in [0.15, 0.2) is 11.6 Å². The first-order valence-corrected chi connectivity index (χ1v) is 6.86. The highest BCUT2D eigenvalue weighted by molar-refractivity contribution is 5.90. The SMILES string of the molecule is CC(=O)c1nc(COC(=O)CC2CCCCC2)c[nH]1. The van der Waals surface area contributed by atoms with Gasteiger partial charge < -0.3 is 9.72 Å². The molecule has 0 bridgehead atoms. The third-order valence-corrected chi connectivity index (χ3v) is 3.53. The molecule has 19 heavy (non-hydrogen) atoms. The van der Waals surface area contributed by atoms with Gasteiger partial charge in [-0.15, -0.1) is 0 Å². The third kappa shape index (κ3) is 4.19. The number of H-pyrrole nitrogens is 1. The van der Waals surface area contributed by atoms with Gasteiger partial charge in [-0.3, -0.25) is 9.59 Å². The van der Waals surface area contributed by atoms with Gasteiger partial charge >= 0.3 is 5.97 Å². The number of ether oxygens (including phenoxy) is 1. The minimum Gasteiger partial charge on any atom is -0.459 e. The number of hydrogen-bond acceptors (Lipinski definition) is 4. The van der Waals surface area contributed by atoms with Crippen LogP contribution in [0.4, 0.5) is 0 Å². The van der Waals surface area contributed by atoms with E-state index in [-0.39, 0.29) is 18.4 Å². The van der Waals surface area contributed by atoms with Crippen molar-refractivity contribution in [3.05, 3.63) is 17.7 Å². The summed E-state index contributed by atoms with van der Waals surface area (Å²) in [5.74, 6) is 0.491. The Morgan fingerprint density at radius 1 is 1.37 bits per heavy atom. The Balaban J connectivity index is 1.74. The van der Waals surface area contributed by atoms with Crippen LogP contribution in [0, 0.1) is 5.92 Å². The Kier molecular flexibility index (Phi) is 4.71. The molecule has 1 aromatic rings. The van der Waals surface area contributed by atoms with Crippen LogP contribution in [-0.2, 0) is 16.1 Å². The average molecular weight is 264 g/mol. The van der Waals surface area contributed by atoms with E-state index in [9.17, 15) is 9.59 Å². The maximum atomic E-state index is 11.7. The van der Waals surface area contributed by atoms with E-state index in [1.54, 1.807) is 6.20 Å². The highest BCUT2D eigenvalue weighted by Gasteiger charge is 2.18. The van der Waals surface area contributed by atoms with Crippen molar-refractivity contribution in [1.82, 2.24) is 9.97 Å². The fraction of sp³-hybridized carbons (Fsp3) is 0.643. The van der Waals surface area contributed by atoms with Gasteiger partial charge in [-0.05, 0) is 18.8 Å². The molecule has 0 amide bonds. The molecule has 1 aliphatic carbocycles. The summed E-state index contributed by atoms with van der Waals surface area (Å²) in [4.78, 5) is 29.6. The maximum Gasteiger partial charge on any atom is 0.306 e. The van der Waals surface area contributed by atoms with Gasteiger partial charge in [-0.1, -0.05) is 19.3 Å². The Hall–Kier alpha value is -1.65. The van der Waals surface area contributed by atoms with Gasteiger partial charge in [0, 0.05) is 19.5 Å². The van der Waals surface area contributed by atoms with Crippen molar-refractivity contribution in [2.75, 3.05) is 0 Å². The van der Waals surface area contributed by atoms with E-state index in [0.29, 0.717) is 23.9 Å². The number of nitrogens with one attached hydrogen (secondary N) is 1. The van der Waals surface area contributed by atoms with Gasteiger partial charge in [-0.25, -0.2) is 4.98 Å². The molecule has 1 N–H and O–H groups in total. The molecule has 0 aliphatic heterocycles. The van der Waals surface area contributed by atoms with Gasteiger partial charge in [0.2, 0.25) is 0 Å². The summed E-state index contributed by atoms with van der Waals surface area (Å²) in [5.41, 5.74) is 0.585. The third-order valence-electron chi connectivity index (χ3n) is 3.53. The minimum absolute atomic E-state index is 0.125. The Labute approximate surface area is 112 Å². The molecule has 0 aromatic carbocycles. The Morgan fingerprint density at radius 3 is 2.74 bits per heavy atom. The first-order chi connectivity index (χ1) is 9.15. The van der Waals surface area contributed by atoms with Gasteiger partial charge in [-0.2, -0.15) is 0 Å². The van der Waals surface area contributed by atoms with Crippen molar-refractivity contribution in [1.29, 1.82) is 0 Å². The first-order valence-electron chi connectivity index (χ1n) is 6.86. The van der Waals surface area contributed by atoms with Crippen LogP contribution in [0.2, 0.25) is 0 Å². The van der Waals surface area contributed by atoms with Gasteiger partial charge in [0.05, 0.1) is 5.69 Å². The summed E-state index contributed by atoms with van der Waals surface area (Å²) in [7, 11) is 0. The van der Waals surface area contributed by atoms with E-state index in [2.05, 4.69) is 9.97 Å². The monoisotopic (exact) mass is 264 g/mol. The van der Waals surface area contributed by atoms with Crippen molar-refractivity contribution in [3.63, 3.8) is 0 Å². The van der Waals surface area contributed by atoms with Crippen LogP contribution in [0.25, 0.3) is 0 Å². The number of aromatic nitrogens is 2. The number of carbonyl (C=O) groups is 2. The molecule has 5 nitrogen and oxygen atoms in total. The summed E-state index contributed by atoms with van der Waals surface area (Å²) >= 11 is 0. The second kappa shape index (κ2) is 6.50. The molecule has 0 atom stereocenters. The summed E-state index contributed by atoms with van der Waals surface area (Å²) < 4.78 is 5.19. The minimum atomic E-state index is -0.167. The zero-order valence-corrected chi connectivity index (χ0v) is 11.3. The molecule has 1 saturated carbocycles. The molecular formula is C14H20N2O3. The number of esters is 1. The second-order valence-electron chi connectivity index (χ2n) is 5.17. The van der Waals surface area contributed by atoms with E-state index in [1.807, 2.05) is 0 Å². The lowest BCUT2D eigenvalue weighted by atomic mass is 9.87. The summed E-state index contributed by atoms with van der Waals surface area (Å²) in [6.45, 7) is 1.58. The number of rotatable bonds is 5. The zero-order chi connectivity index (χ0) is 13.7. The van der Waals surface area contributed by atoms with Crippen molar-refractivity contribution in [3.8, 4) is 0 Å². The van der Waals surface area contributed by atoms with Crippen LogP contribution in [-0.4, -0.2) is 21.7 Å². The largest absolute Gasteiger partial charge is 0.459 e. The fourth-order valence-corrected chi connectivity index (χ4v) is 2.45. The smallest absolute Gasteiger partial charge is 0.306 e. The van der Waals surface area contributed by atoms with Gasteiger partial charge in [0.1, 0.15) is 6.61 Å². The summed E-state index contributed by atoms with van der Waals surface area (Å²) in [6.07, 6.45) is 8.10. The second-order valence-corrected chi connectivity index (χ2v) is 5.17. The number of Topliss-reactive ketones (excluding diaryl/α,β-unsaturated/α-hetero) is 1. The average Bonchev–Trinajstić information content (AvgIpc) is 2.86. The fourth-order valence-electron chi connectivity index (χ4n) is 2.45. The molecule has 1 heterocycles. The van der Waals surface area contributed by atoms with Crippen molar-refractivity contribution in [2.45, 2.75) is 52.1 Å². The van der Waals surface area contributed by atoms with E-state index >= 15 is 0 Å². The van der Waals surface area contributed by atoms with Crippen LogP contribution < -0.4 is 0 Å². The molecule has 1 aromatic heterocycles. The Morgan fingerprint density at radius 2 is 2.11 bits per heavy atom. The van der Waals surface area contributed by atoms with Gasteiger partial charge in [0.25, 0.3) is 0 Å². The standard InChI is InChI=1S/C14H20N2O3/c1-10(17)14-15-8-12(16-14)9-19-13(18)7-11-5-3-2-4-6-11/h8,11H,2-7,9H2,1H3,(H,15,16). The Bertz CT molecular complexity index is 447. The van der Waals surface area contributed by atoms with Crippen LogP contribution >= 0.6 is 0 Å². The molecule has 0 radical (unpaired) electrons. The number of carbonyl (C=O) groups excluding carboxylic acids is 2. The maximum absolute atomic E-state index is 11.7. The topological polar surface area (TPSA) is 72.0 Å². The highest BCUT2D eigenvalue weighted by atomic mass is 16.5. The molecule has 104 valence electrons. The number of imidazole rings is 1. The van der Waals surface area contributed by atoms with Crippen LogP contribution in [0.5, 0.6) is 0 Å². The van der Waals surface area contributed by atoms with Crippen LogP contribution in [0.3, 0.4) is 0 Å². The van der Waals surface area contributed by atoms with Crippen molar-refractivity contribution >= 4 is 11.8 Å². The van der Waals surface area contributed by atoms with Crippen molar-refractivity contribution in [2.24, 2.45) is 5.92 Å². The lowest BCUT2D eigenvalue weighted by molar-refractivity contribution is -0.146. The molecule has 2 rings (SSSR count). The molecule has 1 aliphatic rings. The summed E-state index contributed by atoms with van der Waals surface area (Å²) in [6, 6.07) is 0. The highest BCUT2D eigenvalue weighted by Crippen LogP contribution is 2.26. The number of hydrogen-bond donors (Lipinski definition) is 1. The molecule has 0 unspecified atom stereocenters. The van der Waals surface area contributed by atoms with Crippen molar-refractivity contribution < 1.29 is 14.3 Å². The van der Waals surface area contributed by atoms with E-state index in [1.165, 1.54) is 26.2 Å². The summed E-state index contributed by atoms with van der Waals surface area (Å²) in [5, 5.41) is 0. The number of ketones is 1. The van der Waals surface area contributed by atoms with E-state index in [4.69, 9.17) is 4.74 Å². The first kappa shape index (κ1) is 13.8.